The number of nitrogens with zero attached hydrogens (tertiary/aromatic N) is 3. The molecule has 0 aliphatic heterocycles. The Hall–Kier alpha value is -5.28. The minimum Gasteiger partial charge on any atom is -0.313 e. The average molecular weight is 524 g/mol. The molecule has 9 rings (SSSR count). The van der Waals surface area contributed by atoms with E-state index in [-0.39, 0.29) is 0 Å². The maximum absolute atomic E-state index is 4.56. The Bertz CT molecular complexity index is 2310. The van der Waals surface area contributed by atoms with Gasteiger partial charge in [-0.1, -0.05) is 84.9 Å². The summed E-state index contributed by atoms with van der Waals surface area (Å²) in [4.78, 5) is 9.13. The molecule has 0 bridgehead atoms. The van der Waals surface area contributed by atoms with Gasteiger partial charge in [-0.05, 0) is 86.6 Å². The molecule has 3 heteroatoms. The molecule has 6 aromatic carbocycles. The highest BCUT2D eigenvalue weighted by molar-refractivity contribution is 6.27. The average Bonchev–Trinajstić information content (AvgIpc) is 3.38. The predicted octanol–water partition coefficient (Wildman–Crippen LogP) is 9.61. The Morgan fingerprint density at radius 1 is 0.610 bits per heavy atom. The molecule has 0 radical (unpaired) electrons. The van der Waals surface area contributed by atoms with Gasteiger partial charge >= 0.3 is 0 Å². The lowest BCUT2D eigenvalue weighted by Gasteiger charge is -2.17. The van der Waals surface area contributed by atoms with Crippen LogP contribution in [0, 0.1) is 0 Å². The van der Waals surface area contributed by atoms with Gasteiger partial charge in [-0.2, -0.15) is 0 Å². The molecule has 192 valence electrons. The number of allylic oxidation sites excluding steroid dienone is 1. The van der Waals surface area contributed by atoms with Crippen LogP contribution in [0.15, 0.2) is 122 Å². The number of para-hydroxylation sites is 1. The van der Waals surface area contributed by atoms with Crippen LogP contribution in [-0.4, -0.2) is 14.5 Å². The van der Waals surface area contributed by atoms with E-state index in [0.29, 0.717) is 0 Å². The molecule has 1 aliphatic rings. The van der Waals surface area contributed by atoms with Gasteiger partial charge in [0.05, 0.1) is 5.52 Å². The second-order valence-electron chi connectivity index (χ2n) is 10.9. The molecule has 0 amide bonds. The summed E-state index contributed by atoms with van der Waals surface area (Å²) < 4.78 is 2.47. The lowest BCUT2D eigenvalue weighted by molar-refractivity contribution is 0.889. The molecule has 41 heavy (non-hydrogen) atoms. The van der Waals surface area contributed by atoms with Gasteiger partial charge in [-0.15, -0.1) is 0 Å². The Kier molecular flexibility index (Phi) is 4.73. The third-order valence-corrected chi connectivity index (χ3v) is 8.73. The van der Waals surface area contributed by atoms with Crippen LogP contribution in [0.25, 0.3) is 77.5 Å². The van der Waals surface area contributed by atoms with E-state index in [1.165, 1.54) is 71.3 Å². The van der Waals surface area contributed by atoms with Gasteiger partial charge in [-0.3, -0.25) is 0 Å². The summed E-state index contributed by atoms with van der Waals surface area (Å²) in [7, 11) is 0. The fourth-order valence-corrected chi connectivity index (χ4v) is 6.96. The first-order chi connectivity index (χ1) is 20.3. The topological polar surface area (TPSA) is 30.7 Å². The van der Waals surface area contributed by atoms with Crippen molar-refractivity contribution in [2.45, 2.75) is 12.8 Å². The Balaban J connectivity index is 1.28. The number of rotatable bonds is 3. The van der Waals surface area contributed by atoms with Crippen LogP contribution in [0.3, 0.4) is 0 Å². The lowest BCUT2D eigenvalue weighted by atomic mass is 9.88. The van der Waals surface area contributed by atoms with Crippen molar-refractivity contribution in [1.29, 1.82) is 0 Å². The normalized spacial score (nSPS) is 13.1. The van der Waals surface area contributed by atoms with E-state index in [1.54, 1.807) is 0 Å². The number of hydrogen-bond donors (Lipinski definition) is 0. The number of benzene rings is 6. The summed E-state index contributed by atoms with van der Waals surface area (Å²) in [5.41, 5.74) is 8.79. The summed E-state index contributed by atoms with van der Waals surface area (Å²) in [5.74, 6) is 0.760. The van der Waals surface area contributed by atoms with Crippen LogP contribution in [0.2, 0.25) is 0 Å². The summed E-state index contributed by atoms with van der Waals surface area (Å²) in [6, 6.07) is 37.6. The minimum atomic E-state index is 0.760. The quantitative estimate of drug-likeness (QED) is 0.216. The second kappa shape index (κ2) is 8.61. The van der Waals surface area contributed by atoms with Gasteiger partial charge in [0.2, 0.25) is 0 Å². The molecule has 0 saturated heterocycles. The molecule has 2 heterocycles. The van der Waals surface area contributed by atoms with Crippen molar-refractivity contribution >= 4 is 49.3 Å². The van der Waals surface area contributed by atoms with Gasteiger partial charge in [0.15, 0.2) is 5.82 Å². The fourth-order valence-electron chi connectivity index (χ4n) is 6.96. The minimum absolute atomic E-state index is 0.760. The third kappa shape index (κ3) is 3.26. The molecule has 2 aromatic heterocycles. The molecular formula is C38H25N3. The maximum Gasteiger partial charge on any atom is 0.159 e. The summed E-state index contributed by atoms with van der Waals surface area (Å²) in [5, 5.41) is 8.85. The van der Waals surface area contributed by atoms with Gasteiger partial charge < -0.3 is 4.57 Å². The smallest absolute Gasteiger partial charge is 0.159 e. The van der Waals surface area contributed by atoms with E-state index in [9.17, 15) is 0 Å². The Morgan fingerprint density at radius 2 is 1.34 bits per heavy atom. The molecule has 1 aliphatic carbocycles. The van der Waals surface area contributed by atoms with Crippen molar-refractivity contribution in [2.75, 3.05) is 0 Å². The van der Waals surface area contributed by atoms with Gasteiger partial charge in [0.25, 0.3) is 0 Å². The number of fused-ring (bicyclic) bond motifs is 3. The van der Waals surface area contributed by atoms with E-state index in [0.717, 1.165) is 24.2 Å². The predicted molar refractivity (Wildman–Crippen MR) is 171 cm³/mol. The highest BCUT2D eigenvalue weighted by Gasteiger charge is 2.19. The molecule has 0 fully saturated rings. The summed E-state index contributed by atoms with van der Waals surface area (Å²) in [6.45, 7) is 0. The van der Waals surface area contributed by atoms with Crippen LogP contribution < -0.4 is 0 Å². The van der Waals surface area contributed by atoms with E-state index >= 15 is 0 Å². The Labute approximate surface area is 237 Å². The van der Waals surface area contributed by atoms with Crippen LogP contribution in [-0.2, 0) is 6.42 Å². The van der Waals surface area contributed by atoms with Crippen molar-refractivity contribution in [1.82, 2.24) is 14.5 Å². The zero-order valence-electron chi connectivity index (χ0n) is 22.4. The molecule has 0 N–H and O–H groups in total. The first-order valence-corrected chi connectivity index (χ1v) is 14.2. The molecule has 3 nitrogen and oxygen atoms in total. The first-order valence-electron chi connectivity index (χ1n) is 14.2. The Morgan fingerprint density at radius 3 is 2.17 bits per heavy atom. The highest BCUT2D eigenvalue weighted by Crippen LogP contribution is 2.42. The zero-order valence-corrected chi connectivity index (χ0v) is 22.4. The van der Waals surface area contributed by atoms with Crippen molar-refractivity contribution in [3.63, 3.8) is 0 Å². The van der Waals surface area contributed by atoms with E-state index in [4.69, 9.17) is 0 Å². The summed E-state index contributed by atoms with van der Waals surface area (Å²) in [6.07, 6.45) is 10.4. The maximum atomic E-state index is 4.56. The van der Waals surface area contributed by atoms with Crippen LogP contribution in [0.4, 0.5) is 0 Å². The SMILES string of the molecule is C1=Cc2c(n(-c3cccc(-c4ccc5ccc6c(-c7ncccn7)ccc7ccc4c5c76)c3)c3ccccc23)CC1. The molecule has 0 unspecified atom stereocenters. The van der Waals surface area contributed by atoms with Crippen molar-refractivity contribution < 1.29 is 0 Å². The number of aromatic nitrogens is 3. The number of hydrogen-bond acceptors (Lipinski definition) is 2. The van der Waals surface area contributed by atoms with Crippen LogP contribution in [0.1, 0.15) is 17.7 Å². The largest absolute Gasteiger partial charge is 0.313 e. The van der Waals surface area contributed by atoms with Gasteiger partial charge in [0, 0.05) is 40.3 Å². The van der Waals surface area contributed by atoms with E-state index in [1.807, 2.05) is 18.5 Å². The van der Waals surface area contributed by atoms with Crippen molar-refractivity contribution in [2.24, 2.45) is 0 Å². The lowest BCUT2D eigenvalue weighted by Crippen LogP contribution is -2.03. The van der Waals surface area contributed by atoms with Gasteiger partial charge in [0.1, 0.15) is 0 Å². The second-order valence-corrected chi connectivity index (χ2v) is 10.9. The molecule has 8 aromatic rings. The zero-order chi connectivity index (χ0) is 26.9. The van der Waals surface area contributed by atoms with E-state index in [2.05, 4.69) is 124 Å². The van der Waals surface area contributed by atoms with Crippen molar-refractivity contribution in [3.05, 3.63) is 133 Å². The van der Waals surface area contributed by atoms with Crippen molar-refractivity contribution in [3.8, 4) is 28.2 Å². The molecule has 0 saturated carbocycles. The monoisotopic (exact) mass is 523 g/mol. The van der Waals surface area contributed by atoms with Gasteiger partial charge in [-0.25, -0.2) is 9.97 Å². The fraction of sp³-hybridized carbons (Fsp3) is 0.0526. The standard InChI is InChI=1S/C38H25N3/c1-3-11-34-29(9-1)30-10-2-4-12-35(30)41(34)27-8-5-7-26(23-27)28-17-13-24-15-19-32-33(38-39-21-6-22-40-38)20-16-25-14-18-31(28)36(24)37(25)32/h1-3,5-11,13-23H,4,12H2. The highest BCUT2D eigenvalue weighted by atomic mass is 15.0. The van der Waals surface area contributed by atoms with Crippen LogP contribution in [0.5, 0.6) is 0 Å². The molecular weight excluding hydrogens is 498 g/mol. The van der Waals surface area contributed by atoms with Crippen LogP contribution >= 0.6 is 0 Å². The third-order valence-electron chi connectivity index (χ3n) is 8.73. The first kappa shape index (κ1) is 22.5. The molecule has 0 atom stereocenters. The summed E-state index contributed by atoms with van der Waals surface area (Å²) >= 11 is 0. The molecule has 0 spiro atoms. The van der Waals surface area contributed by atoms with E-state index < -0.39 is 0 Å².